The van der Waals surface area contributed by atoms with Gasteiger partial charge < -0.3 is 20.3 Å². The second-order valence-electron chi connectivity index (χ2n) is 16.6. The van der Waals surface area contributed by atoms with Crippen molar-refractivity contribution < 1.29 is 24.5 Å². The molecule has 0 rings (SSSR count). The molecule has 0 bridgehead atoms. The van der Waals surface area contributed by atoms with E-state index >= 15 is 0 Å². The number of hydrogen-bond acceptors (Lipinski definition) is 5. The zero-order valence-corrected chi connectivity index (χ0v) is 39.5. The average molecular weight is 848 g/mol. The number of hydrogen-bond donors (Lipinski definition) is 3. The van der Waals surface area contributed by atoms with E-state index in [-0.39, 0.29) is 24.9 Å². The molecule has 348 valence electrons. The number of nitrogens with one attached hydrogen (secondary N) is 1. The first kappa shape index (κ1) is 57.8. The molecule has 0 radical (unpaired) electrons. The monoisotopic (exact) mass is 848 g/mol. The fourth-order valence-corrected chi connectivity index (χ4v) is 6.96. The van der Waals surface area contributed by atoms with Crippen LogP contribution in [-0.4, -0.2) is 46.9 Å². The van der Waals surface area contributed by atoms with Gasteiger partial charge in [0.1, 0.15) is 6.10 Å². The lowest BCUT2D eigenvalue weighted by Gasteiger charge is -2.24. The molecule has 6 heteroatoms. The van der Waals surface area contributed by atoms with E-state index < -0.39 is 18.2 Å². The van der Waals surface area contributed by atoms with Crippen molar-refractivity contribution in [2.24, 2.45) is 0 Å². The van der Waals surface area contributed by atoms with Crippen LogP contribution in [-0.2, 0) is 14.3 Å². The summed E-state index contributed by atoms with van der Waals surface area (Å²) in [4.78, 5) is 26.1. The predicted octanol–water partition coefficient (Wildman–Crippen LogP) is 14.9. The van der Waals surface area contributed by atoms with Gasteiger partial charge in [0, 0.05) is 6.42 Å². The number of carbonyl (C=O) groups excluding carboxylic acids is 2. The summed E-state index contributed by atoms with van der Waals surface area (Å²) >= 11 is 0. The summed E-state index contributed by atoms with van der Waals surface area (Å²) in [6.45, 7) is 6.27. The van der Waals surface area contributed by atoms with Crippen molar-refractivity contribution in [2.75, 3.05) is 6.61 Å². The van der Waals surface area contributed by atoms with E-state index in [4.69, 9.17) is 4.74 Å². The van der Waals surface area contributed by atoms with Gasteiger partial charge in [-0.25, -0.2) is 0 Å². The maximum atomic E-state index is 13.2. The molecule has 0 aliphatic rings. The van der Waals surface area contributed by atoms with Crippen LogP contribution < -0.4 is 5.32 Å². The van der Waals surface area contributed by atoms with Crippen LogP contribution in [0.4, 0.5) is 0 Å². The molecule has 0 heterocycles. The summed E-state index contributed by atoms with van der Waals surface area (Å²) in [5.41, 5.74) is 0. The molecule has 61 heavy (non-hydrogen) atoms. The number of rotatable bonds is 43. The van der Waals surface area contributed by atoms with E-state index in [1.807, 2.05) is 30.4 Å². The van der Waals surface area contributed by atoms with Crippen molar-refractivity contribution >= 4 is 11.9 Å². The largest absolute Gasteiger partial charge is 0.462 e. The molecular formula is C55H93NO5. The molecule has 3 unspecified atom stereocenters. The Balaban J connectivity index is 4.79. The zero-order chi connectivity index (χ0) is 44.5. The summed E-state index contributed by atoms with van der Waals surface area (Å²) in [5, 5.41) is 23.7. The minimum absolute atomic E-state index is 0.0184. The highest BCUT2D eigenvalue weighted by Gasteiger charge is 2.24. The van der Waals surface area contributed by atoms with E-state index in [0.29, 0.717) is 19.3 Å². The van der Waals surface area contributed by atoms with Gasteiger partial charge in [-0.15, -0.1) is 0 Å². The average Bonchev–Trinajstić information content (AvgIpc) is 3.25. The molecule has 0 aliphatic carbocycles. The highest BCUT2D eigenvalue weighted by Crippen LogP contribution is 2.16. The quantitative estimate of drug-likeness (QED) is 0.0246. The summed E-state index contributed by atoms with van der Waals surface area (Å²) in [7, 11) is 0. The molecule has 0 aromatic rings. The van der Waals surface area contributed by atoms with Crippen LogP contribution in [0.1, 0.15) is 213 Å². The molecule has 0 saturated heterocycles. The van der Waals surface area contributed by atoms with Crippen molar-refractivity contribution in [1.82, 2.24) is 5.32 Å². The highest BCUT2D eigenvalue weighted by atomic mass is 16.5. The first-order valence-electron chi connectivity index (χ1n) is 25.0. The summed E-state index contributed by atoms with van der Waals surface area (Å²) in [6, 6.07) is -0.732. The Hall–Kier alpha value is -3.22. The predicted molar refractivity (Wildman–Crippen MR) is 264 cm³/mol. The Morgan fingerprint density at radius 1 is 0.508 bits per heavy atom. The van der Waals surface area contributed by atoms with E-state index in [1.165, 1.54) is 83.5 Å². The van der Waals surface area contributed by atoms with E-state index in [9.17, 15) is 19.8 Å². The fourth-order valence-electron chi connectivity index (χ4n) is 6.96. The number of unbranched alkanes of at least 4 members (excludes halogenated alkanes) is 18. The second kappa shape index (κ2) is 47.8. The van der Waals surface area contributed by atoms with Crippen molar-refractivity contribution in [1.29, 1.82) is 0 Å². The van der Waals surface area contributed by atoms with Crippen molar-refractivity contribution in [3.05, 3.63) is 97.2 Å². The molecule has 0 saturated carbocycles. The fraction of sp³-hybridized carbons (Fsp3) is 0.673. The van der Waals surface area contributed by atoms with Crippen LogP contribution in [0, 0.1) is 0 Å². The van der Waals surface area contributed by atoms with Gasteiger partial charge >= 0.3 is 5.97 Å². The van der Waals surface area contributed by atoms with Crippen LogP contribution in [0.15, 0.2) is 97.2 Å². The molecule has 0 fully saturated rings. The Morgan fingerprint density at radius 3 is 1.54 bits per heavy atom. The zero-order valence-electron chi connectivity index (χ0n) is 39.5. The topological polar surface area (TPSA) is 95.9 Å². The third-order valence-electron chi connectivity index (χ3n) is 10.7. The van der Waals surface area contributed by atoms with Crippen molar-refractivity contribution in [2.45, 2.75) is 232 Å². The van der Waals surface area contributed by atoms with E-state index in [0.717, 1.165) is 83.5 Å². The van der Waals surface area contributed by atoms with Crippen LogP contribution in [0.3, 0.4) is 0 Å². The molecular weight excluding hydrogens is 755 g/mol. The van der Waals surface area contributed by atoms with Gasteiger partial charge in [0.25, 0.3) is 0 Å². The molecule has 0 aliphatic heterocycles. The number of carbonyl (C=O) groups is 2. The van der Waals surface area contributed by atoms with Crippen LogP contribution in [0.5, 0.6) is 0 Å². The number of aliphatic hydroxyl groups is 2. The first-order valence-corrected chi connectivity index (χ1v) is 25.0. The number of aliphatic hydroxyl groups excluding tert-OH is 2. The standard InChI is InChI=1S/C55H93NO5/c1-4-7-10-13-16-19-22-25-26-27-28-30-31-34-37-40-43-46-51(61-55(60)48-45-42-39-36-33-29-23-20-17-14-11-8-5-2)49-54(59)56-52(50-57)53(58)47-44-41-38-35-32-24-21-18-15-12-9-6-3/h8,11,14,16-17,19-20,23,25-26,28-30,33-34,37,51-53,57-58H,4-7,9-10,12-13,15,18,21-22,24,27,31-32,35-36,38-50H2,1-3H3,(H,56,59)/b11-8+,17-14+,19-16-,23-20-,26-25-,30-28-,33-29-,37-34-. The Kier molecular flexibility index (Phi) is 45.3. The molecule has 0 aromatic carbocycles. The van der Waals surface area contributed by atoms with Gasteiger partial charge in [-0.3, -0.25) is 9.59 Å². The maximum Gasteiger partial charge on any atom is 0.306 e. The number of ether oxygens (including phenoxy) is 1. The molecule has 6 nitrogen and oxygen atoms in total. The number of esters is 1. The second-order valence-corrected chi connectivity index (χ2v) is 16.6. The lowest BCUT2D eigenvalue weighted by molar-refractivity contribution is -0.151. The first-order chi connectivity index (χ1) is 30.0. The van der Waals surface area contributed by atoms with Crippen LogP contribution in [0.2, 0.25) is 0 Å². The summed E-state index contributed by atoms with van der Waals surface area (Å²) < 4.78 is 5.88. The molecule has 3 N–H and O–H groups in total. The molecule has 0 aromatic heterocycles. The summed E-state index contributed by atoms with van der Waals surface area (Å²) in [5.74, 6) is -0.583. The van der Waals surface area contributed by atoms with Gasteiger partial charge in [-0.2, -0.15) is 0 Å². The molecule has 0 spiro atoms. The number of amides is 1. The third kappa shape index (κ3) is 43.2. The Labute approximate surface area is 376 Å². The molecule has 3 atom stereocenters. The SMILES string of the molecule is CC/C=C/C=C/C=C\C=C/CCCCCC(=O)OC(CCC/C=C\C/C=C\C/C=C\C/C=C\CCCCC)CC(=O)NC(CO)C(O)CCCCCCCCCCCCCC. The Morgan fingerprint density at radius 2 is 0.967 bits per heavy atom. The third-order valence-corrected chi connectivity index (χ3v) is 10.7. The lowest BCUT2D eigenvalue weighted by Crippen LogP contribution is -2.46. The van der Waals surface area contributed by atoms with Gasteiger partial charge in [0.05, 0.1) is 25.2 Å². The molecule has 1 amide bonds. The highest BCUT2D eigenvalue weighted by molar-refractivity contribution is 5.77. The van der Waals surface area contributed by atoms with Gasteiger partial charge in [-0.05, 0) is 83.5 Å². The minimum Gasteiger partial charge on any atom is -0.462 e. The van der Waals surface area contributed by atoms with E-state index in [2.05, 4.69) is 92.9 Å². The van der Waals surface area contributed by atoms with Crippen LogP contribution >= 0.6 is 0 Å². The lowest BCUT2D eigenvalue weighted by atomic mass is 10.0. The summed E-state index contributed by atoms with van der Waals surface area (Å²) in [6.07, 6.45) is 63.2. The van der Waals surface area contributed by atoms with Gasteiger partial charge in [-0.1, -0.05) is 214 Å². The Bertz CT molecular complexity index is 1220. The van der Waals surface area contributed by atoms with Crippen molar-refractivity contribution in [3.63, 3.8) is 0 Å². The maximum absolute atomic E-state index is 13.2. The van der Waals surface area contributed by atoms with Gasteiger partial charge in [0.15, 0.2) is 0 Å². The minimum atomic E-state index is -0.814. The van der Waals surface area contributed by atoms with E-state index in [1.54, 1.807) is 0 Å². The number of allylic oxidation sites excluding steroid dienone is 16. The smallest absolute Gasteiger partial charge is 0.306 e. The normalized spacial score (nSPS) is 14.1. The van der Waals surface area contributed by atoms with Crippen LogP contribution in [0.25, 0.3) is 0 Å². The van der Waals surface area contributed by atoms with Crippen molar-refractivity contribution in [3.8, 4) is 0 Å². The van der Waals surface area contributed by atoms with Gasteiger partial charge in [0.2, 0.25) is 5.91 Å².